The van der Waals surface area contributed by atoms with E-state index in [-0.39, 0.29) is 18.5 Å². The predicted molar refractivity (Wildman–Crippen MR) is 69.0 cm³/mol. The third-order valence-electron chi connectivity index (χ3n) is 3.84. The number of benzene rings is 1. The molecule has 0 spiro atoms. The topological polar surface area (TPSA) is 29.5 Å². The van der Waals surface area contributed by atoms with Crippen LogP contribution in [0.5, 0.6) is 5.75 Å². The fourth-order valence-corrected chi connectivity index (χ4v) is 2.58. The van der Waals surface area contributed by atoms with E-state index in [0.29, 0.717) is 11.3 Å². The summed E-state index contributed by atoms with van der Waals surface area (Å²) in [6.07, 6.45) is 5.75. The third-order valence-corrected chi connectivity index (χ3v) is 3.84. The first-order valence-electron chi connectivity index (χ1n) is 6.78. The molecule has 1 aliphatic rings. The first kappa shape index (κ1) is 13.3. The first-order chi connectivity index (χ1) is 8.72. The fraction of sp³-hybridized carbons (Fsp3) is 0.600. The summed E-state index contributed by atoms with van der Waals surface area (Å²) in [7, 11) is 0. The van der Waals surface area contributed by atoms with Gasteiger partial charge >= 0.3 is 0 Å². The average Bonchev–Trinajstić information content (AvgIpc) is 2.42. The highest BCUT2D eigenvalue weighted by atomic mass is 19.1. The van der Waals surface area contributed by atoms with Crippen LogP contribution in [0.15, 0.2) is 18.2 Å². The van der Waals surface area contributed by atoms with E-state index in [1.807, 2.05) is 0 Å². The van der Waals surface area contributed by atoms with E-state index in [0.717, 1.165) is 18.8 Å². The molecule has 1 N–H and O–H groups in total. The number of aliphatic hydroxyl groups excluding tert-OH is 1. The van der Waals surface area contributed by atoms with Crippen LogP contribution in [0.2, 0.25) is 0 Å². The molecule has 0 bridgehead atoms. The number of halogens is 1. The van der Waals surface area contributed by atoms with E-state index < -0.39 is 0 Å². The van der Waals surface area contributed by atoms with Crippen molar-refractivity contribution in [1.82, 2.24) is 0 Å². The molecule has 1 saturated carbocycles. The lowest BCUT2D eigenvalue weighted by molar-refractivity contribution is 0.125. The summed E-state index contributed by atoms with van der Waals surface area (Å²) in [6, 6.07) is 4.66. The lowest BCUT2D eigenvalue weighted by atomic mass is 9.86. The lowest BCUT2D eigenvalue weighted by Crippen LogP contribution is -2.24. The molecule has 1 fully saturated rings. The van der Waals surface area contributed by atoms with Crippen LogP contribution in [0.3, 0.4) is 0 Å². The predicted octanol–water partition coefficient (Wildman–Crippen LogP) is 3.67. The molecule has 2 nitrogen and oxygen atoms in total. The van der Waals surface area contributed by atoms with Gasteiger partial charge in [0.05, 0.1) is 12.7 Å². The maximum atomic E-state index is 13.7. The zero-order chi connectivity index (χ0) is 13.0. The molecule has 0 unspecified atom stereocenters. The first-order valence-corrected chi connectivity index (χ1v) is 6.78. The standard InChI is InChI=1S/C15H21FO2/c1-2-11-3-6-13(7-4-11)18-15-8-5-12(10-17)9-14(15)16/h5,8-9,11,13,17H,2-4,6-7,10H2,1H3. The van der Waals surface area contributed by atoms with Crippen LogP contribution >= 0.6 is 0 Å². The molecule has 3 heteroatoms. The summed E-state index contributed by atoms with van der Waals surface area (Å²) in [5.74, 6) is 0.748. The van der Waals surface area contributed by atoms with Crippen LogP contribution in [-0.4, -0.2) is 11.2 Å². The maximum absolute atomic E-state index is 13.7. The Hall–Kier alpha value is -1.09. The molecule has 2 rings (SSSR count). The van der Waals surface area contributed by atoms with Crippen molar-refractivity contribution in [3.63, 3.8) is 0 Å². The molecule has 1 aromatic rings. The van der Waals surface area contributed by atoms with Crippen LogP contribution in [0.4, 0.5) is 4.39 Å². The molecule has 100 valence electrons. The average molecular weight is 252 g/mol. The zero-order valence-corrected chi connectivity index (χ0v) is 10.9. The Balaban J connectivity index is 1.94. The molecular weight excluding hydrogens is 231 g/mol. The van der Waals surface area contributed by atoms with Crippen molar-refractivity contribution >= 4 is 0 Å². The van der Waals surface area contributed by atoms with Crippen molar-refractivity contribution in [2.75, 3.05) is 0 Å². The maximum Gasteiger partial charge on any atom is 0.165 e. The normalized spacial score (nSPS) is 23.9. The van der Waals surface area contributed by atoms with Gasteiger partial charge in [-0.2, -0.15) is 0 Å². The summed E-state index contributed by atoms with van der Waals surface area (Å²) in [5, 5.41) is 8.92. The minimum atomic E-state index is -0.376. The fourth-order valence-electron chi connectivity index (χ4n) is 2.58. The molecule has 1 aliphatic carbocycles. The van der Waals surface area contributed by atoms with Crippen LogP contribution in [0.25, 0.3) is 0 Å². The third kappa shape index (κ3) is 3.22. The summed E-state index contributed by atoms with van der Waals surface area (Å²) >= 11 is 0. The monoisotopic (exact) mass is 252 g/mol. The van der Waals surface area contributed by atoms with E-state index in [1.165, 1.54) is 25.3 Å². The quantitative estimate of drug-likeness (QED) is 0.886. The second kappa shape index (κ2) is 6.19. The van der Waals surface area contributed by atoms with Crippen LogP contribution < -0.4 is 4.74 Å². The molecule has 1 aromatic carbocycles. The number of hydrogen-bond donors (Lipinski definition) is 1. The number of aliphatic hydroxyl groups is 1. The number of ether oxygens (including phenoxy) is 1. The van der Waals surface area contributed by atoms with E-state index in [4.69, 9.17) is 9.84 Å². The van der Waals surface area contributed by atoms with Crippen molar-refractivity contribution in [2.24, 2.45) is 5.92 Å². The van der Waals surface area contributed by atoms with Gasteiger partial charge in [-0.3, -0.25) is 0 Å². The summed E-state index contributed by atoms with van der Waals surface area (Å²) in [6.45, 7) is 2.08. The summed E-state index contributed by atoms with van der Waals surface area (Å²) in [4.78, 5) is 0. The molecule has 0 radical (unpaired) electrons. The SMILES string of the molecule is CCC1CCC(Oc2ccc(CO)cc2F)CC1. The van der Waals surface area contributed by atoms with Crippen LogP contribution in [-0.2, 0) is 6.61 Å². The molecule has 0 saturated heterocycles. The second-order valence-electron chi connectivity index (χ2n) is 5.09. The van der Waals surface area contributed by atoms with Crippen molar-refractivity contribution < 1.29 is 14.2 Å². The minimum absolute atomic E-state index is 0.140. The largest absolute Gasteiger partial charge is 0.487 e. The highest BCUT2D eigenvalue weighted by Crippen LogP contribution is 2.30. The molecule has 0 atom stereocenters. The summed E-state index contributed by atoms with van der Waals surface area (Å²) in [5.41, 5.74) is 0.578. The Morgan fingerprint density at radius 3 is 2.56 bits per heavy atom. The highest BCUT2D eigenvalue weighted by Gasteiger charge is 2.22. The molecule has 0 aromatic heterocycles. The Bertz CT molecular complexity index is 384. The van der Waals surface area contributed by atoms with Crippen molar-refractivity contribution in [2.45, 2.75) is 51.7 Å². The van der Waals surface area contributed by atoms with Gasteiger partial charge in [0, 0.05) is 0 Å². The van der Waals surface area contributed by atoms with Gasteiger partial charge < -0.3 is 9.84 Å². The van der Waals surface area contributed by atoms with Crippen molar-refractivity contribution in [1.29, 1.82) is 0 Å². The second-order valence-corrected chi connectivity index (χ2v) is 5.09. The zero-order valence-electron chi connectivity index (χ0n) is 10.9. The van der Waals surface area contributed by atoms with Gasteiger partial charge in [0.1, 0.15) is 0 Å². The van der Waals surface area contributed by atoms with Crippen LogP contribution in [0, 0.1) is 11.7 Å². The van der Waals surface area contributed by atoms with Crippen LogP contribution in [0.1, 0.15) is 44.6 Å². The van der Waals surface area contributed by atoms with Gasteiger partial charge in [0.15, 0.2) is 11.6 Å². The molecular formula is C15H21FO2. The summed E-state index contributed by atoms with van der Waals surface area (Å²) < 4.78 is 19.4. The Kier molecular flexibility index (Phi) is 4.59. The van der Waals surface area contributed by atoms with Crippen molar-refractivity contribution in [3.8, 4) is 5.75 Å². The van der Waals surface area contributed by atoms with E-state index >= 15 is 0 Å². The Morgan fingerprint density at radius 2 is 2.00 bits per heavy atom. The van der Waals surface area contributed by atoms with Crippen molar-refractivity contribution in [3.05, 3.63) is 29.6 Å². The van der Waals surface area contributed by atoms with E-state index in [1.54, 1.807) is 12.1 Å². The van der Waals surface area contributed by atoms with Gasteiger partial charge in [-0.1, -0.05) is 19.4 Å². The molecule has 0 aliphatic heterocycles. The van der Waals surface area contributed by atoms with Gasteiger partial charge in [0.25, 0.3) is 0 Å². The molecule has 0 amide bonds. The van der Waals surface area contributed by atoms with E-state index in [9.17, 15) is 4.39 Å². The van der Waals surface area contributed by atoms with Gasteiger partial charge in [-0.25, -0.2) is 4.39 Å². The molecule has 18 heavy (non-hydrogen) atoms. The Morgan fingerprint density at radius 1 is 1.28 bits per heavy atom. The highest BCUT2D eigenvalue weighted by molar-refractivity contribution is 5.29. The Labute approximate surface area is 108 Å². The number of rotatable bonds is 4. The van der Waals surface area contributed by atoms with Gasteiger partial charge in [-0.15, -0.1) is 0 Å². The van der Waals surface area contributed by atoms with Gasteiger partial charge in [0.2, 0.25) is 0 Å². The van der Waals surface area contributed by atoms with Gasteiger partial charge in [-0.05, 0) is 49.3 Å². The lowest BCUT2D eigenvalue weighted by Gasteiger charge is -2.28. The number of hydrogen-bond acceptors (Lipinski definition) is 2. The molecule has 0 heterocycles. The smallest absolute Gasteiger partial charge is 0.165 e. The minimum Gasteiger partial charge on any atom is -0.487 e. The van der Waals surface area contributed by atoms with E-state index in [2.05, 4.69) is 6.92 Å².